The fraction of sp³-hybridized carbons (Fsp3) is 0.381. The number of hydrogen-bond acceptors (Lipinski definition) is 3. The molecule has 0 bridgehead atoms. The average Bonchev–Trinajstić information content (AvgIpc) is 2.67. The Labute approximate surface area is 161 Å². The number of carbonyl (C=O) groups excluding carboxylic acids is 1. The van der Waals surface area contributed by atoms with Gasteiger partial charge in [-0.15, -0.1) is 0 Å². The average molecular weight is 387 g/mol. The van der Waals surface area contributed by atoms with Crippen LogP contribution in [0, 0.1) is 6.92 Å². The van der Waals surface area contributed by atoms with Gasteiger partial charge in [-0.1, -0.05) is 55.3 Å². The Bertz CT molecular complexity index is 907. The van der Waals surface area contributed by atoms with Crippen LogP contribution in [0.15, 0.2) is 53.4 Å². The van der Waals surface area contributed by atoms with Crippen molar-refractivity contribution in [2.24, 2.45) is 0 Å². The molecule has 0 aromatic heterocycles. The molecular weight excluding hydrogens is 360 g/mol. The molecule has 1 heterocycles. The van der Waals surface area contributed by atoms with E-state index in [1.54, 1.807) is 24.3 Å². The minimum Gasteiger partial charge on any atom is -0.355 e. The van der Waals surface area contributed by atoms with E-state index in [2.05, 4.69) is 12.2 Å². The highest BCUT2D eigenvalue weighted by molar-refractivity contribution is 7.89. The van der Waals surface area contributed by atoms with Gasteiger partial charge in [0.05, 0.1) is 4.90 Å². The lowest BCUT2D eigenvalue weighted by Gasteiger charge is -2.35. The van der Waals surface area contributed by atoms with E-state index in [0.29, 0.717) is 13.0 Å². The summed E-state index contributed by atoms with van der Waals surface area (Å²) in [6.45, 7) is 4.73. The van der Waals surface area contributed by atoms with Gasteiger partial charge in [0.1, 0.15) is 6.04 Å². The number of nitrogens with zero attached hydrogens (tertiary/aromatic N) is 1. The summed E-state index contributed by atoms with van der Waals surface area (Å²) in [7, 11) is -3.77. The van der Waals surface area contributed by atoms with E-state index in [1.165, 1.54) is 4.31 Å². The van der Waals surface area contributed by atoms with Crippen LogP contribution in [-0.2, 0) is 27.8 Å². The fourth-order valence-electron chi connectivity index (χ4n) is 3.33. The lowest BCUT2D eigenvalue weighted by molar-refractivity contribution is -0.125. The van der Waals surface area contributed by atoms with E-state index < -0.39 is 16.1 Å². The van der Waals surface area contributed by atoms with Crippen LogP contribution >= 0.6 is 0 Å². The van der Waals surface area contributed by atoms with Gasteiger partial charge in [0.25, 0.3) is 0 Å². The largest absolute Gasteiger partial charge is 0.355 e. The topological polar surface area (TPSA) is 66.5 Å². The highest BCUT2D eigenvalue weighted by Gasteiger charge is 2.39. The monoisotopic (exact) mass is 386 g/mol. The zero-order valence-corrected chi connectivity index (χ0v) is 16.6. The highest BCUT2D eigenvalue weighted by Crippen LogP contribution is 2.29. The molecule has 0 saturated heterocycles. The standard InChI is InChI=1S/C21H26N2O3S/c1-3-4-13-22-21(24)20-14-17-7-5-6-8-18(17)15-23(20)27(25,26)19-11-9-16(2)10-12-19/h5-12,20H,3-4,13-15H2,1-2H3,(H,22,24)/t20-/m1/s1. The summed E-state index contributed by atoms with van der Waals surface area (Å²) >= 11 is 0. The first-order valence-electron chi connectivity index (χ1n) is 9.36. The molecule has 3 rings (SSSR count). The predicted molar refractivity (Wildman–Crippen MR) is 106 cm³/mol. The van der Waals surface area contributed by atoms with Crippen LogP contribution in [-0.4, -0.2) is 31.2 Å². The second kappa shape index (κ2) is 8.23. The normalized spacial score (nSPS) is 17.3. The molecule has 1 atom stereocenters. The fourth-order valence-corrected chi connectivity index (χ4v) is 4.89. The summed E-state index contributed by atoms with van der Waals surface area (Å²) in [5.74, 6) is -0.228. The first-order chi connectivity index (χ1) is 12.9. The maximum atomic E-state index is 13.3. The van der Waals surface area contributed by atoms with Crippen LogP contribution in [0.3, 0.4) is 0 Å². The Morgan fingerprint density at radius 3 is 2.44 bits per heavy atom. The SMILES string of the molecule is CCCCNC(=O)[C@H]1Cc2ccccc2CN1S(=O)(=O)c1ccc(C)cc1. The second-order valence-electron chi connectivity index (χ2n) is 7.00. The summed E-state index contributed by atoms with van der Waals surface area (Å²) in [5, 5.41) is 2.90. The van der Waals surface area contributed by atoms with E-state index in [1.807, 2.05) is 31.2 Å². The molecule has 144 valence electrons. The van der Waals surface area contributed by atoms with Crippen molar-refractivity contribution in [2.75, 3.05) is 6.54 Å². The van der Waals surface area contributed by atoms with Crippen LogP contribution in [0.1, 0.15) is 36.5 Å². The van der Waals surface area contributed by atoms with Crippen molar-refractivity contribution in [3.05, 3.63) is 65.2 Å². The van der Waals surface area contributed by atoms with E-state index in [-0.39, 0.29) is 17.3 Å². The maximum absolute atomic E-state index is 13.3. The molecule has 0 radical (unpaired) electrons. The minimum atomic E-state index is -3.77. The van der Waals surface area contributed by atoms with Crippen molar-refractivity contribution in [1.29, 1.82) is 0 Å². The molecule has 2 aromatic rings. The van der Waals surface area contributed by atoms with E-state index in [4.69, 9.17) is 0 Å². The molecule has 5 nitrogen and oxygen atoms in total. The minimum absolute atomic E-state index is 0.207. The molecule has 0 aliphatic carbocycles. The van der Waals surface area contributed by atoms with Crippen LogP contribution < -0.4 is 5.32 Å². The number of rotatable bonds is 6. The van der Waals surface area contributed by atoms with Crippen molar-refractivity contribution in [2.45, 2.75) is 50.6 Å². The number of unbranched alkanes of at least 4 members (excludes halogenated alkanes) is 1. The van der Waals surface area contributed by atoms with Gasteiger partial charge in [0, 0.05) is 13.1 Å². The Kier molecular flexibility index (Phi) is 5.97. The van der Waals surface area contributed by atoms with Crippen molar-refractivity contribution < 1.29 is 13.2 Å². The van der Waals surface area contributed by atoms with Crippen LogP contribution in [0.5, 0.6) is 0 Å². The lowest BCUT2D eigenvalue weighted by Crippen LogP contribution is -2.52. The molecular formula is C21H26N2O3S. The summed E-state index contributed by atoms with van der Waals surface area (Å²) in [6.07, 6.45) is 2.23. The van der Waals surface area contributed by atoms with Gasteiger partial charge in [-0.3, -0.25) is 4.79 Å². The van der Waals surface area contributed by atoms with Crippen molar-refractivity contribution in [1.82, 2.24) is 9.62 Å². The number of sulfonamides is 1. The zero-order chi connectivity index (χ0) is 19.4. The smallest absolute Gasteiger partial charge is 0.244 e. The number of fused-ring (bicyclic) bond motifs is 1. The van der Waals surface area contributed by atoms with Gasteiger partial charge in [-0.2, -0.15) is 4.31 Å². The third-order valence-corrected chi connectivity index (χ3v) is 6.83. The number of amides is 1. The van der Waals surface area contributed by atoms with Gasteiger partial charge in [0.2, 0.25) is 15.9 Å². The lowest BCUT2D eigenvalue weighted by atomic mass is 9.95. The van der Waals surface area contributed by atoms with Crippen molar-refractivity contribution in [3.8, 4) is 0 Å². The molecule has 27 heavy (non-hydrogen) atoms. The number of carbonyl (C=O) groups is 1. The van der Waals surface area contributed by atoms with Crippen LogP contribution in [0.4, 0.5) is 0 Å². The number of benzene rings is 2. The molecule has 1 aliphatic heterocycles. The summed E-state index contributed by atoms with van der Waals surface area (Å²) < 4.78 is 27.9. The number of aryl methyl sites for hydroxylation is 1. The van der Waals surface area contributed by atoms with Gasteiger partial charge in [0.15, 0.2) is 0 Å². The molecule has 0 fully saturated rings. The molecule has 1 amide bonds. The Morgan fingerprint density at radius 1 is 1.11 bits per heavy atom. The predicted octanol–water partition coefficient (Wildman–Crippen LogP) is 3.03. The van der Waals surface area contributed by atoms with E-state index >= 15 is 0 Å². The third-order valence-electron chi connectivity index (χ3n) is 4.97. The molecule has 1 N–H and O–H groups in total. The van der Waals surface area contributed by atoms with Crippen LogP contribution in [0.2, 0.25) is 0 Å². The molecule has 1 aliphatic rings. The summed E-state index contributed by atoms with van der Waals surface area (Å²) in [5.41, 5.74) is 2.97. The summed E-state index contributed by atoms with van der Waals surface area (Å²) in [4.78, 5) is 13.0. The Morgan fingerprint density at radius 2 is 1.78 bits per heavy atom. The Balaban J connectivity index is 1.95. The first kappa shape index (κ1) is 19.6. The van der Waals surface area contributed by atoms with Gasteiger partial charge in [-0.25, -0.2) is 8.42 Å². The van der Waals surface area contributed by atoms with Crippen LogP contribution in [0.25, 0.3) is 0 Å². The third kappa shape index (κ3) is 4.22. The Hall–Kier alpha value is -2.18. The molecule has 0 spiro atoms. The van der Waals surface area contributed by atoms with E-state index in [0.717, 1.165) is 29.5 Å². The van der Waals surface area contributed by atoms with Gasteiger partial charge >= 0.3 is 0 Å². The highest BCUT2D eigenvalue weighted by atomic mass is 32.2. The second-order valence-corrected chi connectivity index (χ2v) is 8.89. The molecule has 0 saturated carbocycles. The van der Waals surface area contributed by atoms with E-state index in [9.17, 15) is 13.2 Å². The zero-order valence-electron chi connectivity index (χ0n) is 15.8. The maximum Gasteiger partial charge on any atom is 0.244 e. The summed E-state index contributed by atoms with van der Waals surface area (Å²) in [6, 6.07) is 13.8. The van der Waals surface area contributed by atoms with Gasteiger partial charge in [-0.05, 0) is 43.0 Å². The molecule has 0 unspecified atom stereocenters. The molecule has 2 aromatic carbocycles. The van der Waals surface area contributed by atoms with Gasteiger partial charge < -0.3 is 5.32 Å². The molecule has 6 heteroatoms. The first-order valence-corrected chi connectivity index (χ1v) is 10.8. The van der Waals surface area contributed by atoms with Crippen molar-refractivity contribution >= 4 is 15.9 Å². The number of nitrogens with one attached hydrogen (secondary N) is 1. The quantitative estimate of drug-likeness (QED) is 0.776. The number of hydrogen-bond donors (Lipinski definition) is 1. The van der Waals surface area contributed by atoms with Crippen molar-refractivity contribution in [3.63, 3.8) is 0 Å².